The predicted molar refractivity (Wildman–Crippen MR) is 89.7 cm³/mol. The summed E-state index contributed by atoms with van der Waals surface area (Å²) in [7, 11) is 0. The molecule has 4 heteroatoms. The van der Waals surface area contributed by atoms with Gasteiger partial charge >= 0.3 is 0 Å². The van der Waals surface area contributed by atoms with Crippen LogP contribution in [0.5, 0.6) is 0 Å². The molecule has 2 nitrogen and oxygen atoms in total. The van der Waals surface area contributed by atoms with Gasteiger partial charge in [-0.15, -0.1) is 11.3 Å². The number of nitrogens with one attached hydrogen (secondary N) is 1. The fourth-order valence-electron chi connectivity index (χ4n) is 3.09. The Morgan fingerprint density at radius 3 is 2.70 bits per heavy atom. The first-order chi connectivity index (χ1) is 9.40. The van der Waals surface area contributed by atoms with Crippen LogP contribution in [0.4, 0.5) is 0 Å². The summed E-state index contributed by atoms with van der Waals surface area (Å²) in [5, 5.41) is 3.73. The van der Waals surface area contributed by atoms with Gasteiger partial charge in [-0.1, -0.05) is 45.7 Å². The fraction of sp³-hybridized carbons (Fsp3) is 0.750. The van der Waals surface area contributed by atoms with E-state index in [0.717, 1.165) is 24.0 Å². The van der Waals surface area contributed by atoms with Gasteiger partial charge in [0.25, 0.3) is 0 Å². The fourth-order valence-corrected chi connectivity index (χ4v) is 4.20. The Morgan fingerprint density at radius 1 is 1.40 bits per heavy atom. The van der Waals surface area contributed by atoms with Crippen LogP contribution in [0.3, 0.4) is 0 Å². The molecule has 0 aliphatic carbocycles. The molecule has 1 fully saturated rings. The van der Waals surface area contributed by atoms with Crippen LogP contribution >= 0.6 is 22.9 Å². The van der Waals surface area contributed by atoms with Crippen molar-refractivity contribution in [1.82, 2.24) is 10.2 Å². The first-order valence-electron chi connectivity index (χ1n) is 7.61. The maximum atomic E-state index is 6.07. The number of rotatable bonds is 4. The summed E-state index contributed by atoms with van der Waals surface area (Å²) >= 11 is 7.78. The van der Waals surface area contributed by atoms with Crippen molar-refractivity contribution in [1.29, 1.82) is 0 Å². The number of piperazine rings is 1. The highest BCUT2D eigenvalue weighted by molar-refractivity contribution is 7.16. The maximum absolute atomic E-state index is 6.07. The van der Waals surface area contributed by atoms with E-state index in [1.165, 1.54) is 17.7 Å². The molecule has 2 unspecified atom stereocenters. The molecule has 1 N–H and O–H groups in total. The summed E-state index contributed by atoms with van der Waals surface area (Å²) in [6.07, 6.45) is 2.51. The van der Waals surface area contributed by atoms with Gasteiger partial charge in [-0.05, 0) is 24.0 Å². The van der Waals surface area contributed by atoms with Gasteiger partial charge in [0, 0.05) is 36.6 Å². The minimum atomic E-state index is 0.297. The molecule has 1 saturated heterocycles. The summed E-state index contributed by atoms with van der Waals surface area (Å²) in [5.74, 6) is 0. The van der Waals surface area contributed by atoms with Crippen molar-refractivity contribution < 1.29 is 0 Å². The van der Waals surface area contributed by atoms with Crippen LogP contribution in [0.15, 0.2) is 12.1 Å². The smallest absolute Gasteiger partial charge is 0.0931 e. The first kappa shape index (κ1) is 16.3. The predicted octanol–water partition coefficient (Wildman–Crippen LogP) is 4.39. The van der Waals surface area contributed by atoms with Crippen molar-refractivity contribution in [3.63, 3.8) is 0 Å². The Hall–Kier alpha value is -0.0900. The quantitative estimate of drug-likeness (QED) is 0.886. The molecule has 0 aromatic carbocycles. The topological polar surface area (TPSA) is 15.3 Å². The Bertz CT molecular complexity index is 424. The SMILES string of the molecule is CCCC1CN(Cc2ccc(Cl)s2)C(C(C)(C)C)CN1. The number of halogens is 1. The van der Waals surface area contributed by atoms with Crippen LogP contribution in [-0.2, 0) is 6.54 Å². The number of thiophene rings is 1. The molecular formula is C16H27ClN2S. The second kappa shape index (κ2) is 6.78. The lowest BCUT2D eigenvalue weighted by atomic mass is 9.83. The van der Waals surface area contributed by atoms with E-state index in [2.05, 4.69) is 44.0 Å². The molecule has 0 saturated carbocycles. The van der Waals surface area contributed by atoms with Gasteiger partial charge in [0.1, 0.15) is 0 Å². The molecule has 114 valence electrons. The van der Waals surface area contributed by atoms with Crippen LogP contribution in [0.25, 0.3) is 0 Å². The summed E-state index contributed by atoms with van der Waals surface area (Å²) in [6, 6.07) is 5.40. The zero-order valence-corrected chi connectivity index (χ0v) is 14.7. The Labute approximate surface area is 132 Å². The summed E-state index contributed by atoms with van der Waals surface area (Å²) in [6.45, 7) is 12.6. The molecule has 1 aromatic rings. The van der Waals surface area contributed by atoms with Gasteiger partial charge in [0.05, 0.1) is 4.34 Å². The Morgan fingerprint density at radius 2 is 2.15 bits per heavy atom. The Balaban J connectivity index is 2.09. The highest BCUT2D eigenvalue weighted by atomic mass is 35.5. The lowest BCUT2D eigenvalue weighted by molar-refractivity contribution is 0.0482. The minimum absolute atomic E-state index is 0.297. The van der Waals surface area contributed by atoms with E-state index in [4.69, 9.17) is 11.6 Å². The standard InChI is InChI=1S/C16H27ClN2S/c1-5-6-12-10-19(11-13-7-8-15(17)20-13)14(9-18-12)16(2,3)4/h7-8,12,14,18H,5-6,9-11H2,1-4H3. The molecule has 0 spiro atoms. The van der Waals surface area contributed by atoms with Gasteiger partial charge in [-0.3, -0.25) is 4.90 Å². The van der Waals surface area contributed by atoms with E-state index in [0.29, 0.717) is 17.5 Å². The van der Waals surface area contributed by atoms with Crippen molar-refractivity contribution in [2.45, 2.75) is 59.2 Å². The summed E-state index contributed by atoms with van der Waals surface area (Å²) < 4.78 is 0.896. The van der Waals surface area contributed by atoms with Gasteiger partial charge in [0.15, 0.2) is 0 Å². The van der Waals surface area contributed by atoms with E-state index >= 15 is 0 Å². The van der Waals surface area contributed by atoms with Crippen molar-refractivity contribution >= 4 is 22.9 Å². The number of hydrogen-bond acceptors (Lipinski definition) is 3. The van der Waals surface area contributed by atoms with E-state index in [1.54, 1.807) is 11.3 Å². The average molecular weight is 315 g/mol. The Kier molecular flexibility index (Phi) is 5.52. The molecule has 2 atom stereocenters. The third-order valence-electron chi connectivity index (χ3n) is 4.12. The lowest BCUT2D eigenvalue weighted by Gasteiger charge is -2.46. The van der Waals surface area contributed by atoms with Crippen molar-refractivity contribution in [3.8, 4) is 0 Å². The number of hydrogen-bond donors (Lipinski definition) is 1. The third kappa shape index (κ3) is 4.20. The molecule has 2 rings (SSSR count). The molecule has 0 radical (unpaired) electrons. The van der Waals surface area contributed by atoms with Gasteiger partial charge < -0.3 is 5.32 Å². The highest BCUT2D eigenvalue weighted by Crippen LogP contribution is 2.30. The minimum Gasteiger partial charge on any atom is -0.311 e. The monoisotopic (exact) mass is 314 g/mol. The van der Waals surface area contributed by atoms with Crippen molar-refractivity contribution in [2.75, 3.05) is 13.1 Å². The molecule has 0 bridgehead atoms. The molecule has 20 heavy (non-hydrogen) atoms. The summed E-state index contributed by atoms with van der Waals surface area (Å²) in [4.78, 5) is 4.03. The van der Waals surface area contributed by atoms with Crippen LogP contribution in [0, 0.1) is 5.41 Å². The van der Waals surface area contributed by atoms with E-state index < -0.39 is 0 Å². The highest BCUT2D eigenvalue weighted by Gasteiger charge is 2.35. The third-order valence-corrected chi connectivity index (χ3v) is 5.34. The molecule has 0 amide bonds. The van der Waals surface area contributed by atoms with Crippen molar-refractivity contribution in [2.24, 2.45) is 5.41 Å². The van der Waals surface area contributed by atoms with Crippen LogP contribution in [0.2, 0.25) is 4.34 Å². The zero-order valence-electron chi connectivity index (χ0n) is 13.1. The molecule has 1 aliphatic heterocycles. The van der Waals surface area contributed by atoms with E-state index in [9.17, 15) is 0 Å². The largest absolute Gasteiger partial charge is 0.311 e. The van der Waals surface area contributed by atoms with Crippen LogP contribution in [-0.4, -0.2) is 30.1 Å². The van der Waals surface area contributed by atoms with Crippen LogP contribution in [0.1, 0.15) is 45.4 Å². The normalized spacial score (nSPS) is 25.1. The van der Waals surface area contributed by atoms with Gasteiger partial charge in [-0.2, -0.15) is 0 Å². The van der Waals surface area contributed by atoms with Crippen molar-refractivity contribution in [3.05, 3.63) is 21.3 Å². The molecule has 2 heterocycles. The number of nitrogens with zero attached hydrogens (tertiary/aromatic N) is 1. The summed E-state index contributed by atoms with van der Waals surface area (Å²) in [5.41, 5.74) is 0.297. The maximum Gasteiger partial charge on any atom is 0.0931 e. The van der Waals surface area contributed by atoms with Gasteiger partial charge in [0.2, 0.25) is 0 Å². The second-order valence-corrected chi connectivity index (χ2v) is 8.71. The zero-order chi connectivity index (χ0) is 14.8. The lowest BCUT2D eigenvalue weighted by Crippen LogP contribution is -2.60. The molecular weight excluding hydrogens is 288 g/mol. The van der Waals surface area contributed by atoms with Gasteiger partial charge in [-0.25, -0.2) is 0 Å². The molecule has 1 aromatic heterocycles. The second-order valence-electron chi connectivity index (χ2n) is 6.91. The van der Waals surface area contributed by atoms with E-state index in [1.807, 2.05) is 6.07 Å². The molecule has 1 aliphatic rings. The van der Waals surface area contributed by atoms with Crippen LogP contribution < -0.4 is 5.32 Å². The first-order valence-corrected chi connectivity index (χ1v) is 8.81. The average Bonchev–Trinajstić information content (AvgIpc) is 2.74. The van der Waals surface area contributed by atoms with E-state index in [-0.39, 0.29) is 0 Å².